The number of nitrogens with zero attached hydrogens (tertiary/aromatic N) is 1. The Balaban J connectivity index is 2.20. The van der Waals surface area contributed by atoms with Crippen molar-refractivity contribution in [3.05, 3.63) is 34.6 Å². The highest BCUT2D eigenvalue weighted by Gasteiger charge is 2.29. The minimum Gasteiger partial charge on any atom is -0.338 e. The van der Waals surface area contributed by atoms with Gasteiger partial charge in [0.05, 0.1) is 5.56 Å². The third-order valence-corrected chi connectivity index (χ3v) is 4.28. The van der Waals surface area contributed by atoms with Crippen molar-refractivity contribution in [1.82, 2.24) is 4.90 Å². The zero-order valence-corrected chi connectivity index (χ0v) is 12.1. The van der Waals surface area contributed by atoms with Gasteiger partial charge in [0.15, 0.2) is 0 Å². The van der Waals surface area contributed by atoms with Crippen molar-refractivity contribution < 1.29 is 9.18 Å². The van der Waals surface area contributed by atoms with Crippen molar-refractivity contribution in [3.8, 4) is 0 Å². The molecule has 2 unspecified atom stereocenters. The molecule has 0 N–H and O–H groups in total. The quantitative estimate of drug-likeness (QED) is 0.799. The van der Waals surface area contributed by atoms with Crippen LogP contribution in [0.5, 0.6) is 0 Å². The van der Waals surface area contributed by atoms with Crippen molar-refractivity contribution in [3.63, 3.8) is 0 Å². The molecule has 0 saturated heterocycles. The maximum atomic E-state index is 13.7. The summed E-state index contributed by atoms with van der Waals surface area (Å²) in [5.41, 5.74) is 0.0628. The molecule has 0 heterocycles. The zero-order valence-electron chi connectivity index (χ0n) is 11.3. The highest BCUT2D eigenvalue weighted by Crippen LogP contribution is 2.28. The highest BCUT2D eigenvalue weighted by atomic mass is 35.5. The molecular formula is C15H19ClFNO. The first-order valence-electron chi connectivity index (χ1n) is 6.73. The molecule has 2 nitrogen and oxygen atoms in total. The second kappa shape index (κ2) is 5.91. The Bertz CT molecular complexity index is 477. The fourth-order valence-electron chi connectivity index (χ4n) is 2.87. The summed E-state index contributed by atoms with van der Waals surface area (Å²) < 4.78 is 13.7. The molecule has 2 atom stereocenters. The molecule has 19 heavy (non-hydrogen) atoms. The van der Waals surface area contributed by atoms with Crippen molar-refractivity contribution in [2.45, 2.75) is 38.6 Å². The van der Waals surface area contributed by atoms with Gasteiger partial charge in [0.2, 0.25) is 0 Å². The number of carbonyl (C=O) groups excluding carboxylic acids is 1. The SMILES string of the molecule is CC1CCCCC1N(C)C(=O)c1cc(Cl)ccc1F. The Morgan fingerprint density at radius 3 is 2.74 bits per heavy atom. The Kier molecular flexibility index (Phi) is 4.46. The highest BCUT2D eigenvalue weighted by molar-refractivity contribution is 6.31. The fourth-order valence-corrected chi connectivity index (χ4v) is 3.05. The molecule has 104 valence electrons. The van der Waals surface area contributed by atoms with E-state index < -0.39 is 5.82 Å². The minimum atomic E-state index is -0.510. The monoisotopic (exact) mass is 283 g/mol. The summed E-state index contributed by atoms with van der Waals surface area (Å²) in [5, 5.41) is 0.384. The predicted molar refractivity (Wildman–Crippen MR) is 74.9 cm³/mol. The lowest BCUT2D eigenvalue weighted by Crippen LogP contribution is -2.42. The van der Waals surface area contributed by atoms with Gasteiger partial charge in [-0.15, -0.1) is 0 Å². The largest absolute Gasteiger partial charge is 0.338 e. The molecule has 1 fully saturated rings. The second-order valence-electron chi connectivity index (χ2n) is 5.37. The molecule has 0 aliphatic heterocycles. The van der Waals surface area contributed by atoms with Gasteiger partial charge in [-0.3, -0.25) is 4.79 Å². The number of carbonyl (C=O) groups is 1. The van der Waals surface area contributed by atoms with Gasteiger partial charge in [0.25, 0.3) is 5.91 Å². The summed E-state index contributed by atoms with van der Waals surface area (Å²) in [6.07, 6.45) is 4.46. The van der Waals surface area contributed by atoms with Gasteiger partial charge >= 0.3 is 0 Å². The van der Waals surface area contributed by atoms with E-state index in [1.807, 2.05) is 0 Å². The Labute approximate surface area is 118 Å². The van der Waals surface area contributed by atoms with Crippen molar-refractivity contribution >= 4 is 17.5 Å². The maximum Gasteiger partial charge on any atom is 0.256 e. The van der Waals surface area contributed by atoms with Gasteiger partial charge in [-0.2, -0.15) is 0 Å². The van der Waals surface area contributed by atoms with Gasteiger partial charge in [0, 0.05) is 18.1 Å². The minimum absolute atomic E-state index is 0.0628. The fraction of sp³-hybridized carbons (Fsp3) is 0.533. The van der Waals surface area contributed by atoms with Gasteiger partial charge in [0.1, 0.15) is 5.82 Å². The van der Waals surface area contributed by atoms with Gasteiger partial charge in [-0.25, -0.2) is 4.39 Å². The third kappa shape index (κ3) is 3.08. The molecule has 1 aliphatic carbocycles. The summed E-state index contributed by atoms with van der Waals surface area (Å²) in [6.45, 7) is 2.15. The lowest BCUT2D eigenvalue weighted by molar-refractivity contribution is 0.0624. The second-order valence-corrected chi connectivity index (χ2v) is 5.81. The predicted octanol–water partition coefficient (Wildman–Crippen LogP) is 4.13. The standard InChI is InChI=1S/C15H19ClFNO/c1-10-5-3-4-6-14(10)18(2)15(19)12-9-11(16)7-8-13(12)17/h7-10,14H,3-6H2,1-2H3. The Hall–Kier alpha value is -1.09. The molecule has 1 amide bonds. The number of amides is 1. The van der Waals surface area contributed by atoms with E-state index in [1.54, 1.807) is 11.9 Å². The topological polar surface area (TPSA) is 20.3 Å². The van der Waals surface area contributed by atoms with E-state index in [-0.39, 0.29) is 17.5 Å². The van der Waals surface area contributed by atoms with Crippen molar-refractivity contribution in [2.75, 3.05) is 7.05 Å². The molecule has 4 heteroatoms. The van der Waals surface area contributed by atoms with Crippen LogP contribution in [0, 0.1) is 11.7 Å². The molecule has 0 aromatic heterocycles. The molecule has 1 aliphatic rings. The number of hydrogen-bond acceptors (Lipinski definition) is 1. The number of rotatable bonds is 2. The van der Waals surface area contributed by atoms with Crippen LogP contribution < -0.4 is 0 Å². The summed E-state index contributed by atoms with van der Waals surface area (Å²) in [4.78, 5) is 14.1. The average molecular weight is 284 g/mol. The van der Waals surface area contributed by atoms with Gasteiger partial charge in [-0.05, 0) is 37.0 Å². The van der Waals surface area contributed by atoms with E-state index in [1.165, 1.54) is 24.6 Å². The lowest BCUT2D eigenvalue weighted by Gasteiger charge is -2.36. The zero-order chi connectivity index (χ0) is 14.0. The van der Waals surface area contributed by atoms with E-state index in [0.29, 0.717) is 10.9 Å². The maximum absolute atomic E-state index is 13.7. The van der Waals surface area contributed by atoms with Crippen LogP contribution in [0.1, 0.15) is 43.0 Å². The number of benzene rings is 1. The first kappa shape index (κ1) is 14.3. The van der Waals surface area contributed by atoms with Gasteiger partial charge < -0.3 is 4.90 Å². The summed E-state index contributed by atoms with van der Waals surface area (Å²) in [6, 6.07) is 4.30. The molecular weight excluding hydrogens is 265 g/mol. The molecule has 0 radical (unpaired) electrons. The van der Waals surface area contributed by atoms with Crippen LogP contribution in [0.2, 0.25) is 5.02 Å². The normalized spacial score (nSPS) is 23.2. The summed E-state index contributed by atoms with van der Waals surface area (Å²) >= 11 is 5.84. The summed E-state index contributed by atoms with van der Waals surface area (Å²) in [5.74, 6) is -0.326. The van der Waals surface area contributed by atoms with Crippen LogP contribution in [-0.4, -0.2) is 23.9 Å². The van der Waals surface area contributed by atoms with Crippen LogP contribution in [0.25, 0.3) is 0 Å². The molecule has 0 bridgehead atoms. The molecule has 1 aromatic rings. The third-order valence-electron chi connectivity index (χ3n) is 4.04. The average Bonchev–Trinajstić information content (AvgIpc) is 2.40. The van der Waals surface area contributed by atoms with E-state index in [2.05, 4.69) is 6.92 Å². The van der Waals surface area contributed by atoms with Crippen LogP contribution in [0.3, 0.4) is 0 Å². The van der Waals surface area contributed by atoms with Crippen LogP contribution in [0.15, 0.2) is 18.2 Å². The van der Waals surface area contributed by atoms with Crippen molar-refractivity contribution in [2.24, 2.45) is 5.92 Å². The first-order chi connectivity index (χ1) is 9.00. The molecule has 1 saturated carbocycles. The molecule has 2 rings (SSSR count). The van der Waals surface area contributed by atoms with E-state index in [9.17, 15) is 9.18 Å². The number of hydrogen-bond donors (Lipinski definition) is 0. The summed E-state index contributed by atoms with van der Waals surface area (Å²) in [7, 11) is 1.76. The lowest BCUT2D eigenvalue weighted by atomic mass is 9.85. The first-order valence-corrected chi connectivity index (χ1v) is 7.10. The smallest absolute Gasteiger partial charge is 0.256 e. The molecule has 1 aromatic carbocycles. The Morgan fingerprint density at radius 2 is 2.05 bits per heavy atom. The van der Waals surface area contributed by atoms with Gasteiger partial charge in [-0.1, -0.05) is 31.4 Å². The Morgan fingerprint density at radius 1 is 1.37 bits per heavy atom. The van der Waals surface area contributed by atoms with Crippen LogP contribution in [-0.2, 0) is 0 Å². The molecule has 0 spiro atoms. The van der Waals surface area contributed by atoms with E-state index in [0.717, 1.165) is 19.3 Å². The van der Waals surface area contributed by atoms with Crippen LogP contribution >= 0.6 is 11.6 Å². The van der Waals surface area contributed by atoms with Crippen molar-refractivity contribution in [1.29, 1.82) is 0 Å². The van der Waals surface area contributed by atoms with Crippen LogP contribution in [0.4, 0.5) is 4.39 Å². The number of halogens is 2. The van der Waals surface area contributed by atoms with E-state index in [4.69, 9.17) is 11.6 Å². The van der Waals surface area contributed by atoms with E-state index >= 15 is 0 Å².